The summed E-state index contributed by atoms with van der Waals surface area (Å²) in [5.41, 5.74) is 30.8. The second kappa shape index (κ2) is 18.9. The highest BCUT2D eigenvalue weighted by Gasteiger charge is 2.30. The Labute approximate surface area is 258 Å². The molecule has 0 saturated carbocycles. The molecule has 0 aliphatic rings. The molecule has 2 aromatic carbocycles. The minimum absolute atomic E-state index is 0.0924. The normalized spacial score (nSPS) is 13.5. The van der Waals surface area contributed by atoms with Crippen LogP contribution in [-0.4, -0.2) is 66.8 Å². The van der Waals surface area contributed by atoms with E-state index in [-0.39, 0.29) is 31.8 Å². The van der Waals surface area contributed by atoms with Crippen LogP contribution in [0.1, 0.15) is 48.8 Å². The second-order valence-electron chi connectivity index (χ2n) is 10.8. The van der Waals surface area contributed by atoms with Gasteiger partial charge in [0.15, 0.2) is 5.96 Å². The largest absolute Gasteiger partial charge is 0.370 e. The second-order valence-corrected chi connectivity index (χ2v) is 10.8. The minimum Gasteiger partial charge on any atom is -0.370 e. The van der Waals surface area contributed by atoms with Crippen molar-refractivity contribution in [3.05, 3.63) is 71.3 Å². The molecular formula is C31H47N9O4. The molecule has 0 fully saturated rings. The van der Waals surface area contributed by atoms with Gasteiger partial charge in [-0.15, -0.1) is 0 Å². The van der Waals surface area contributed by atoms with E-state index in [1.807, 2.05) is 61.5 Å². The Bertz CT molecular complexity index is 1230. The number of unbranched alkanes of at least 4 members (excludes halogenated alkanes) is 1. The zero-order valence-electron chi connectivity index (χ0n) is 25.3. The van der Waals surface area contributed by atoms with Crippen molar-refractivity contribution in [2.75, 3.05) is 13.1 Å². The SMILES string of the molecule is Cc1ccc(C[C@H](NC(=O)[C@@H](CCCN=C(N)N)NC(=O)[C@@H](N)Cc2ccccc2)C(=O)N[C@@H](CCCCN)C(N)=O)cc1. The van der Waals surface area contributed by atoms with Gasteiger partial charge in [-0.25, -0.2) is 0 Å². The highest BCUT2D eigenvalue weighted by molar-refractivity contribution is 5.94. The number of hydrogen-bond acceptors (Lipinski definition) is 7. The number of aliphatic imine (C=N–C) groups is 1. The van der Waals surface area contributed by atoms with Crippen molar-refractivity contribution in [1.82, 2.24) is 16.0 Å². The Morgan fingerprint density at radius 2 is 1.27 bits per heavy atom. The van der Waals surface area contributed by atoms with Crippen molar-refractivity contribution >= 4 is 29.6 Å². The number of carbonyl (C=O) groups excluding carboxylic acids is 4. The smallest absolute Gasteiger partial charge is 0.243 e. The molecule has 4 amide bonds. The highest BCUT2D eigenvalue weighted by atomic mass is 16.2. The predicted molar refractivity (Wildman–Crippen MR) is 171 cm³/mol. The number of carbonyl (C=O) groups is 4. The van der Waals surface area contributed by atoms with Crippen LogP contribution in [0.25, 0.3) is 0 Å². The number of nitrogens with zero attached hydrogens (tertiary/aromatic N) is 1. The third kappa shape index (κ3) is 13.2. The fraction of sp³-hybridized carbons (Fsp3) is 0.452. The van der Waals surface area contributed by atoms with Gasteiger partial charge in [0.05, 0.1) is 6.04 Å². The van der Waals surface area contributed by atoms with E-state index in [2.05, 4.69) is 20.9 Å². The predicted octanol–water partition coefficient (Wildman–Crippen LogP) is -0.770. The number of primary amides is 1. The fourth-order valence-electron chi connectivity index (χ4n) is 4.50. The summed E-state index contributed by atoms with van der Waals surface area (Å²) in [5.74, 6) is -2.48. The summed E-state index contributed by atoms with van der Waals surface area (Å²) in [7, 11) is 0. The van der Waals surface area contributed by atoms with Gasteiger partial charge in [0.2, 0.25) is 23.6 Å². The number of nitrogens with one attached hydrogen (secondary N) is 3. The zero-order valence-corrected chi connectivity index (χ0v) is 25.3. The number of guanidine groups is 1. The molecule has 0 unspecified atom stereocenters. The topological polar surface area (TPSA) is 247 Å². The standard InChI is InChI=1S/C31H47N9O4/c1-20-12-14-22(15-13-20)19-26(30(44)38-24(27(34)41)10-5-6-16-32)40-29(43)25(11-7-17-37-31(35)36)39-28(42)23(33)18-21-8-3-2-4-9-21/h2-4,8-9,12-15,23-26H,5-7,10-11,16-19,32-33H2,1H3,(H2,34,41)(H,38,44)(H,39,42)(H,40,43)(H4,35,36,37)/t23-,24-,25+,26-/m0/s1. The van der Waals surface area contributed by atoms with Gasteiger partial charge in [-0.2, -0.15) is 0 Å². The summed E-state index contributed by atoms with van der Waals surface area (Å²) in [6.45, 7) is 2.61. The number of benzene rings is 2. The Morgan fingerprint density at radius 1 is 0.705 bits per heavy atom. The molecule has 0 bridgehead atoms. The molecule has 0 saturated heterocycles. The Morgan fingerprint density at radius 3 is 1.89 bits per heavy atom. The van der Waals surface area contributed by atoms with Crippen LogP contribution in [0, 0.1) is 6.92 Å². The van der Waals surface area contributed by atoms with Crippen LogP contribution in [0.15, 0.2) is 59.6 Å². The summed E-state index contributed by atoms with van der Waals surface area (Å²) < 4.78 is 0. The first-order valence-electron chi connectivity index (χ1n) is 14.8. The van der Waals surface area contributed by atoms with Gasteiger partial charge in [0.25, 0.3) is 0 Å². The quantitative estimate of drug-likeness (QED) is 0.0569. The van der Waals surface area contributed by atoms with Crippen LogP contribution in [0.5, 0.6) is 0 Å². The first-order chi connectivity index (χ1) is 21.0. The van der Waals surface area contributed by atoms with Gasteiger partial charge in [-0.3, -0.25) is 24.2 Å². The first kappa shape index (κ1) is 35.7. The molecule has 13 N–H and O–H groups in total. The van der Waals surface area contributed by atoms with Crippen LogP contribution in [0.3, 0.4) is 0 Å². The van der Waals surface area contributed by atoms with E-state index in [1.165, 1.54) is 0 Å². The van der Waals surface area contributed by atoms with Gasteiger partial charge in [0, 0.05) is 13.0 Å². The lowest BCUT2D eigenvalue weighted by Gasteiger charge is -2.25. The van der Waals surface area contributed by atoms with Crippen LogP contribution in [0.2, 0.25) is 0 Å². The van der Waals surface area contributed by atoms with Gasteiger partial charge in [-0.1, -0.05) is 60.2 Å². The monoisotopic (exact) mass is 609 g/mol. The average molecular weight is 610 g/mol. The lowest BCUT2D eigenvalue weighted by atomic mass is 10.0. The maximum atomic E-state index is 13.6. The minimum atomic E-state index is -1.07. The Balaban J connectivity index is 2.25. The van der Waals surface area contributed by atoms with E-state index in [0.717, 1.165) is 16.7 Å². The fourth-order valence-corrected chi connectivity index (χ4v) is 4.50. The van der Waals surface area contributed by atoms with Gasteiger partial charge < -0.3 is 44.6 Å². The van der Waals surface area contributed by atoms with Crippen molar-refractivity contribution in [3.63, 3.8) is 0 Å². The van der Waals surface area contributed by atoms with E-state index in [4.69, 9.17) is 28.7 Å². The molecule has 13 nitrogen and oxygen atoms in total. The summed E-state index contributed by atoms with van der Waals surface area (Å²) >= 11 is 0. The molecular weight excluding hydrogens is 562 g/mol. The van der Waals surface area contributed by atoms with Gasteiger partial charge in [-0.05, 0) is 63.1 Å². The van der Waals surface area contributed by atoms with E-state index in [9.17, 15) is 19.2 Å². The van der Waals surface area contributed by atoms with E-state index < -0.39 is 47.8 Å². The molecule has 13 heteroatoms. The number of hydrogen-bond donors (Lipinski definition) is 8. The van der Waals surface area contributed by atoms with E-state index >= 15 is 0 Å². The lowest BCUT2D eigenvalue weighted by Crippen LogP contribution is -2.58. The van der Waals surface area contributed by atoms with E-state index in [1.54, 1.807) is 0 Å². The number of amides is 4. The van der Waals surface area contributed by atoms with E-state index in [0.29, 0.717) is 32.2 Å². The maximum Gasteiger partial charge on any atom is 0.243 e. The molecule has 2 aromatic rings. The van der Waals surface area contributed by atoms with Crippen molar-refractivity contribution in [3.8, 4) is 0 Å². The summed E-state index contributed by atoms with van der Waals surface area (Å²) in [4.78, 5) is 56.2. The van der Waals surface area contributed by atoms with Crippen molar-refractivity contribution in [2.45, 2.75) is 76.0 Å². The number of aryl methyl sites for hydroxylation is 1. The molecule has 0 spiro atoms. The summed E-state index contributed by atoms with van der Waals surface area (Å²) in [6, 6.07) is 12.8. The summed E-state index contributed by atoms with van der Waals surface area (Å²) in [5, 5.41) is 8.18. The molecule has 0 radical (unpaired) electrons. The van der Waals surface area contributed by atoms with Crippen molar-refractivity contribution in [1.29, 1.82) is 0 Å². The van der Waals surface area contributed by atoms with Crippen LogP contribution < -0.4 is 44.6 Å². The van der Waals surface area contributed by atoms with Gasteiger partial charge >= 0.3 is 0 Å². The third-order valence-corrected chi connectivity index (χ3v) is 7.01. The first-order valence-corrected chi connectivity index (χ1v) is 14.8. The van der Waals surface area contributed by atoms with Crippen LogP contribution >= 0.6 is 0 Å². The molecule has 0 heterocycles. The zero-order chi connectivity index (χ0) is 32.5. The number of nitrogens with two attached hydrogens (primary N) is 5. The summed E-state index contributed by atoms with van der Waals surface area (Å²) in [6.07, 6.45) is 2.51. The Hall–Kier alpha value is -4.49. The van der Waals surface area contributed by atoms with Crippen molar-refractivity contribution in [2.24, 2.45) is 33.7 Å². The average Bonchev–Trinajstić information content (AvgIpc) is 2.99. The molecule has 0 aliphatic carbocycles. The molecule has 2 rings (SSSR count). The van der Waals surface area contributed by atoms with Gasteiger partial charge in [0.1, 0.15) is 18.1 Å². The van der Waals surface area contributed by atoms with Crippen LogP contribution in [0.4, 0.5) is 0 Å². The molecule has 44 heavy (non-hydrogen) atoms. The lowest BCUT2D eigenvalue weighted by molar-refractivity contribution is -0.133. The maximum absolute atomic E-state index is 13.6. The van der Waals surface area contributed by atoms with Crippen LogP contribution in [-0.2, 0) is 32.0 Å². The highest BCUT2D eigenvalue weighted by Crippen LogP contribution is 2.10. The molecule has 0 aromatic heterocycles. The third-order valence-electron chi connectivity index (χ3n) is 7.01. The Kier molecular flexibility index (Phi) is 15.4. The molecule has 4 atom stereocenters. The molecule has 0 aliphatic heterocycles. The molecule has 240 valence electrons. The number of rotatable bonds is 19. The van der Waals surface area contributed by atoms with Crippen molar-refractivity contribution < 1.29 is 19.2 Å².